The maximum atomic E-state index is 13.7. The Hall–Kier alpha value is -3.89. The lowest BCUT2D eigenvalue weighted by Gasteiger charge is -2.22. The summed E-state index contributed by atoms with van der Waals surface area (Å²) in [5, 5.41) is 12.4. The summed E-state index contributed by atoms with van der Waals surface area (Å²) in [4.78, 5) is 4.29. The third-order valence-electron chi connectivity index (χ3n) is 5.83. The second-order valence-electron chi connectivity index (χ2n) is 8.24. The molecule has 2 bridgehead atoms. The van der Waals surface area contributed by atoms with Crippen LogP contribution in [0.4, 0.5) is 19.0 Å². The molecule has 0 fully saturated rings. The fourth-order valence-electron chi connectivity index (χ4n) is 4.19. The number of pyridine rings is 1. The third kappa shape index (κ3) is 3.66. The van der Waals surface area contributed by atoms with E-state index in [1.54, 1.807) is 23.0 Å². The average Bonchev–Trinajstić information content (AvgIpc) is 3.39. The molecule has 0 spiro atoms. The van der Waals surface area contributed by atoms with Gasteiger partial charge in [0.1, 0.15) is 6.10 Å². The smallest absolute Gasteiger partial charge is 0.435 e. The molecule has 176 valence electrons. The Morgan fingerprint density at radius 3 is 2.74 bits per heavy atom. The minimum atomic E-state index is -4.60. The Kier molecular flexibility index (Phi) is 5.07. The minimum Gasteiger partial charge on any atom is -0.482 e. The summed E-state index contributed by atoms with van der Waals surface area (Å²) in [6.45, 7) is 6.13. The van der Waals surface area contributed by atoms with Crippen molar-refractivity contribution in [2.75, 3.05) is 5.73 Å². The number of hydrogen-bond acceptors (Lipinski definition) is 6. The van der Waals surface area contributed by atoms with Crippen molar-refractivity contribution >= 4 is 5.82 Å². The molecule has 1 atom stereocenters. The zero-order chi connectivity index (χ0) is 24.2. The predicted octanol–water partition coefficient (Wildman–Crippen LogP) is 4.50. The van der Waals surface area contributed by atoms with Crippen LogP contribution >= 0.6 is 0 Å². The van der Waals surface area contributed by atoms with Gasteiger partial charge in [0, 0.05) is 30.3 Å². The Balaban J connectivity index is 1.82. The number of halogens is 3. The van der Waals surface area contributed by atoms with Crippen LogP contribution in [0.1, 0.15) is 48.2 Å². The predicted molar refractivity (Wildman–Crippen MR) is 118 cm³/mol. The Morgan fingerprint density at radius 1 is 1.21 bits per heavy atom. The summed E-state index contributed by atoms with van der Waals surface area (Å²) in [6.07, 6.45) is -3.48. The number of ether oxygens (including phenoxy) is 1. The van der Waals surface area contributed by atoms with Gasteiger partial charge in [0.05, 0.1) is 22.8 Å². The summed E-state index contributed by atoms with van der Waals surface area (Å²) in [5.74, 6) is 0.572. The van der Waals surface area contributed by atoms with E-state index in [1.165, 1.54) is 4.68 Å². The number of nitrogen functional groups attached to an aromatic ring is 1. The van der Waals surface area contributed by atoms with Crippen molar-refractivity contribution in [3.8, 4) is 22.7 Å². The monoisotopic (exact) mass is 469 g/mol. The van der Waals surface area contributed by atoms with Crippen LogP contribution in [0.25, 0.3) is 16.9 Å². The van der Waals surface area contributed by atoms with Gasteiger partial charge >= 0.3 is 6.18 Å². The first-order chi connectivity index (χ1) is 16.2. The summed E-state index contributed by atoms with van der Waals surface area (Å²) in [7, 11) is 0. The standard InChI is InChI=1S/C23H22F3N7O/c1-4-32-21-14-8-19(22(27)28-11-14)34-13(3)16-7-12(2)5-6-18(16)33-15(9-17(21)29-31-32)10-20(30-33)23(24,25)26/h5-8,10-11,13H,4,9H2,1-3H3,(H2,27,28). The van der Waals surface area contributed by atoms with E-state index in [0.717, 1.165) is 11.6 Å². The second kappa shape index (κ2) is 7.86. The summed E-state index contributed by atoms with van der Waals surface area (Å²) < 4.78 is 50.2. The molecule has 11 heteroatoms. The van der Waals surface area contributed by atoms with Crippen molar-refractivity contribution in [2.45, 2.75) is 46.0 Å². The van der Waals surface area contributed by atoms with Gasteiger partial charge in [-0.1, -0.05) is 22.9 Å². The van der Waals surface area contributed by atoms with Crippen LogP contribution in [-0.4, -0.2) is 29.8 Å². The third-order valence-corrected chi connectivity index (χ3v) is 5.83. The van der Waals surface area contributed by atoms with Crippen LogP contribution < -0.4 is 10.5 Å². The van der Waals surface area contributed by atoms with Crippen LogP contribution in [0.15, 0.2) is 36.5 Å². The number of fused-ring (bicyclic) bond motifs is 7. The molecule has 0 amide bonds. The van der Waals surface area contributed by atoms with Crippen molar-refractivity contribution < 1.29 is 17.9 Å². The van der Waals surface area contributed by atoms with Crippen LogP contribution in [0, 0.1) is 6.92 Å². The molecular formula is C23H22F3N7O. The van der Waals surface area contributed by atoms with Gasteiger partial charge in [-0.05, 0) is 39.0 Å². The number of rotatable bonds is 1. The summed E-state index contributed by atoms with van der Waals surface area (Å²) in [6, 6.07) is 8.27. The molecular weight excluding hydrogens is 447 g/mol. The van der Waals surface area contributed by atoms with Gasteiger partial charge in [-0.3, -0.25) is 0 Å². The topological polar surface area (TPSA) is 96.7 Å². The molecule has 8 nitrogen and oxygen atoms in total. The molecule has 0 saturated heterocycles. The van der Waals surface area contributed by atoms with Crippen LogP contribution in [0.5, 0.6) is 5.75 Å². The highest BCUT2D eigenvalue weighted by atomic mass is 19.4. The summed E-state index contributed by atoms with van der Waals surface area (Å²) in [5.41, 5.74) is 9.33. The van der Waals surface area contributed by atoms with E-state index in [4.69, 9.17) is 10.5 Å². The van der Waals surface area contributed by atoms with Gasteiger partial charge in [-0.15, -0.1) is 5.10 Å². The number of benzene rings is 1. The van der Waals surface area contributed by atoms with Gasteiger partial charge in [0.25, 0.3) is 0 Å². The van der Waals surface area contributed by atoms with Gasteiger partial charge in [-0.25, -0.2) is 14.3 Å². The first kappa shape index (κ1) is 21.9. The molecule has 0 radical (unpaired) electrons. The Bertz CT molecular complexity index is 1390. The van der Waals surface area contributed by atoms with Crippen LogP contribution in [-0.2, 0) is 19.1 Å². The molecule has 0 saturated carbocycles. The molecule has 2 N–H and O–H groups in total. The van der Waals surface area contributed by atoms with Gasteiger partial charge in [-0.2, -0.15) is 18.3 Å². The first-order valence-corrected chi connectivity index (χ1v) is 10.8. The van der Waals surface area contributed by atoms with Crippen molar-refractivity contribution in [2.24, 2.45) is 0 Å². The lowest BCUT2D eigenvalue weighted by Crippen LogP contribution is -2.14. The van der Waals surface area contributed by atoms with E-state index in [2.05, 4.69) is 20.4 Å². The molecule has 4 heterocycles. The SMILES string of the molecule is CCn1nnc2c1-c1cnc(N)c(c1)OC(C)c1cc(C)ccc1-n1nc(C(F)(F)F)cc1C2. The van der Waals surface area contributed by atoms with E-state index in [9.17, 15) is 13.2 Å². The number of alkyl halides is 3. The molecule has 4 aromatic rings. The minimum absolute atomic E-state index is 0.0840. The zero-order valence-electron chi connectivity index (χ0n) is 18.8. The van der Waals surface area contributed by atoms with Crippen molar-refractivity contribution in [1.82, 2.24) is 29.8 Å². The highest BCUT2D eigenvalue weighted by molar-refractivity contribution is 5.66. The van der Waals surface area contributed by atoms with Crippen LogP contribution in [0.2, 0.25) is 0 Å². The molecule has 34 heavy (non-hydrogen) atoms. The fraction of sp³-hybridized carbons (Fsp3) is 0.304. The van der Waals surface area contributed by atoms with Crippen molar-refractivity contribution in [3.63, 3.8) is 0 Å². The van der Waals surface area contributed by atoms with E-state index >= 15 is 0 Å². The zero-order valence-corrected chi connectivity index (χ0v) is 18.8. The number of anilines is 1. The quantitative estimate of drug-likeness (QED) is 0.441. The Morgan fingerprint density at radius 2 is 2.00 bits per heavy atom. The molecule has 5 rings (SSSR count). The van der Waals surface area contributed by atoms with Gasteiger partial charge in [0.2, 0.25) is 0 Å². The van der Waals surface area contributed by atoms with E-state index < -0.39 is 18.0 Å². The highest BCUT2D eigenvalue weighted by Gasteiger charge is 2.36. The van der Waals surface area contributed by atoms with Crippen LogP contribution in [0.3, 0.4) is 0 Å². The molecule has 1 aliphatic heterocycles. The van der Waals surface area contributed by atoms with Crippen molar-refractivity contribution in [1.29, 1.82) is 0 Å². The molecule has 1 unspecified atom stereocenters. The van der Waals surface area contributed by atoms with E-state index in [1.807, 2.05) is 32.9 Å². The lowest BCUT2D eigenvalue weighted by atomic mass is 10.0. The highest BCUT2D eigenvalue weighted by Crippen LogP contribution is 2.37. The number of nitrogens with zero attached hydrogens (tertiary/aromatic N) is 6. The number of aryl methyl sites for hydroxylation is 2. The largest absolute Gasteiger partial charge is 0.482 e. The second-order valence-corrected chi connectivity index (χ2v) is 8.24. The molecule has 1 aliphatic rings. The normalized spacial score (nSPS) is 15.4. The van der Waals surface area contributed by atoms with Crippen molar-refractivity contribution in [3.05, 3.63) is 64.7 Å². The first-order valence-electron chi connectivity index (χ1n) is 10.8. The van der Waals surface area contributed by atoms with E-state index in [0.29, 0.717) is 46.2 Å². The number of aromatic nitrogens is 6. The number of nitrogens with two attached hydrogens (primary N) is 1. The maximum absolute atomic E-state index is 13.7. The average molecular weight is 469 g/mol. The lowest BCUT2D eigenvalue weighted by molar-refractivity contribution is -0.141. The van der Waals surface area contributed by atoms with Gasteiger partial charge in [0.15, 0.2) is 17.3 Å². The molecule has 1 aromatic carbocycles. The number of hydrogen-bond donors (Lipinski definition) is 1. The molecule has 3 aromatic heterocycles. The molecule has 0 aliphatic carbocycles. The Labute approximate surface area is 193 Å². The van der Waals surface area contributed by atoms with E-state index in [-0.39, 0.29) is 12.2 Å². The summed E-state index contributed by atoms with van der Waals surface area (Å²) >= 11 is 0. The fourth-order valence-corrected chi connectivity index (χ4v) is 4.19. The maximum Gasteiger partial charge on any atom is 0.435 e. The van der Waals surface area contributed by atoms with Gasteiger partial charge < -0.3 is 10.5 Å².